The third kappa shape index (κ3) is 4.29. The molecular formula is C27H27N3O4. The molecule has 0 aliphatic carbocycles. The lowest BCUT2D eigenvalue weighted by Gasteiger charge is -2.25. The van der Waals surface area contributed by atoms with E-state index in [9.17, 15) is 14.7 Å². The first-order valence-electron chi connectivity index (χ1n) is 11.0. The number of carbonyl (C=O) groups is 2. The molecule has 1 atom stereocenters. The monoisotopic (exact) mass is 457 g/mol. The molecule has 2 aromatic heterocycles. The van der Waals surface area contributed by atoms with Crippen molar-refractivity contribution in [1.82, 2.24) is 14.9 Å². The Morgan fingerprint density at radius 3 is 2.35 bits per heavy atom. The number of ketones is 1. The predicted molar refractivity (Wildman–Crippen MR) is 128 cm³/mol. The molecule has 174 valence electrons. The van der Waals surface area contributed by atoms with Gasteiger partial charge < -0.3 is 14.7 Å². The van der Waals surface area contributed by atoms with Crippen LogP contribution in [-0.4, -0.2) is 38.8 Å². The molecule has 4 rings (SSSR count). The molecule has 1 aromatic carbocycles. The van der Waals surface area contributed by atoms with Crippen LogP contribution in [0.3, 0.4) is 0 Å². The molecule has 7 nitrogen and oxygen atoms in total. The Morgan fingerprint density at radius 1 is 1.06 bits per heavy atom. The molecule has 1 aliphatic heterocycles. The number of benzene rings is 1. The van der Waals surface area contributed by atoms with Gasteiger partial charge in [-0.2, -0.15) is 0 Å². The highest BCUT2D eigenvalue weighted by Gasteiger charge is 2.46. The summed E-state index contributed by atoms with van der Waals surface area (Å²) in [6.07, 6.45) is 6.51. The van der Waals surface area contributed by atoms with Crippen LogP contribution >= 0.6 is 0 Å². The largest absolute Gasteiger partial charge is 0.507 e. The van der Waals surface area contributed by atoms with Crippen molar-refractivity contribution in [3.63, 3.8) is 0 Å². The van der Waals surface area contributed by atoms with E-state index < -0.39 is 17.7 Å². The van der Waals surface area contributed by atoms with Crippen LogP contribution < -0.4 is 4.74 Å². The van der Waals surface area contributed by atoms with Gasteiger partial charge in [0, 0.05) is 31.3 Å². The number of aliphatic hydroxyl groups excluding tert-OH is 1. The van der Waals surface area contributed by atoms with Crippen molar-refractivity contribution in [3.8, 4) is 5.75 Å². The van der Waals surface area contributed by atoms with Gasteiger partial charge in [0.2, 0.25) is 0 Å². The Morgan fingerprint density at radius 2 is 1.76 bits per heavy atom. The van der Waals surface area contributed by atoms with Gasteiger partial charge in [0.15, 0.2) is 0 Å². The molecule has 34 heavy (non-hydrogen) atoms. The summed E-state index contributed by atoms with van der Waals surface area (Å²) in [4.78, 5) is 36.2. The average Bonchev–Trinajstić information content (AvgIpc) is 3.08. The van der Waals surface area contributed by atoms with Gasteiger partial charge in [0.25, 0.3) is 11.7 Å². The smallest absolute Gasteiger partial charge is 0.295 e. The molecule has 1 saturated heterocycles. The molecule has 0 radical (unpaired) electrons. The first-order chi connectivity index (χ1) is 16.2. The van der Waals surface area contributed by atoms with Crippen molar-refractivity contribution in [2.75, 3.05) is 7.11 Å². The standard InChI is InChI=1S/C27H27N3O4/c1-27(2,3)19-9-10-21(34-4)20(13-19)24(31)22-23(18-8-6-12-29-15-18)30(26(33)25(22)32)16-17-7-5-11-28-14-17/h5-15,23,31H,16H2,1-4H3/b24-22+. The van der Waals surface area contributed by atoms with Crippen molar-refractivity contribution in [2.24, 2.45) is 0 Å². The molecule has 1 aliphatic rings. The fourth-order valence-electron chi connectivity index (χ4n) is 4.12. The molecule has 1 amide bonds. The zero-order valence-corrected chi connectivity index (χ0v) is 19.6. The Balaban J connectivity index is 1.91. The van der Waals surface area contributed by atoms with E-state index in [1.165, 1.54) is 12.0 Å². The number of nitrogens with zero attached hydrogens (tertiary/aromatic N) is 3. The number of hydrogen-bond acceptors (Lipinski definition) is 6. The number of ether oxygens (including phenoxy) is 1. The number of aromatic nitrogens is 2. The number of amides is 1. The maximum atomic E-state index is 13.3. The van der Waals surface area contributed by atoms with Crippen molar-refractivity contribution < 1.29 is 19.4 Å². The maximum absolute atomic E-state index is 13.3. The van der Waals surface area contributed by atoms with E-state index in [2.05, 4.69) is 30.7 Å². The van der Waals surface area contributed by atoms with Gasteiger partial charge in [0.05, 0.1) is 24.3 Å². The van der Waals surface area contributed by atoms with Crippen molar-refractivity contribution in [2.45, 2.75) is 38.8 Å². The number of Topliss-reactive ketones (excluding diaryl/α,β-unsaturated/α-hetero) is 1. The summed E-state index contributed by atoms with van der Waals surface area (Å²) >= 11 is 0. The molecule has 0 bridgehead atoms. The van der Waals surface area contributed by atoms with Crippen LogP contribution in [0.4, 0.5) is 0 Å². The number of carbonyl (C=O) groups excluding carboxylic acids is 2. The van der Waals surface area contributed by atoms with Gasteiger partial charge in [-0.3, -0.25) is 19.6 Å². The number of hydrogen-bond donors (Lipinski definition) is 1. The lowest BCUT2D eigenvalue weighted by Crippen LogP contribution is -2.29. The molecule has 7 heteroatoms. The first kappa shape index (κ1) is 23.2. The van der Waals surface area contributed by atoms with Gasteiger partial charge in [0.1, 0.15) is 11.5 Å². The van der Waals surface area contributed by atoms with Crippen LogP contribution in [0.1, 0.15) is 49.1 Å². The molecule has 3 aromatic rings. The minimum atomic E-state index is -0.808. The van der Waals surface area contributed by atoms with Gasteiger partial charge in [-0.05, 0) is 46.4 Å². The third-order valence-electron chi connectivity index (χ3n) is 5.94. The second-order valence-electron chi connectivity index (χ2n) is 9.24. The molecular weight excluding hydrogens is 430 g/mol. The third-order valence-corrected chi connectivity index (χ3v) is 5.94. The predicted octanol–water partition coefficient (Wildman–Crippen LogP) is 4.40. The topological polar surface area (TPSA) is 92.6 Å². The van der Waals surface area contributed by atoms with E-state index in [-0.39, 0.29) is 23.3 Å². The van der Waals surface area contributed by atoms with Crippen molar-refractivity contribution in [3.05, 3.63) is 95.1 Å². The number of likely N-dealkylation sites (tertiary alicyclic amines) is 1. The van der Waals surface area contributed by atoms with E-state index in [0.29, 0.717) is 16.9 Å². The zero-order chi connectivity index (χ0) is 24.5. The summed E-state index contributed by atoms with van der Waals surface area (Å²) in [6.45, 7) is 6.33. The first-order valence-corrected chi connectivity index (χ1v) is 11.0. The van der Waals surface area contributed by atoms with Crippen LogP contribution in [0.25, 0.3) is 5.76 Å². The van der Waals surface area contributed by atoms with Crippen LogP contribution in [-0.2, 0) is 21.5 Å². The molecule has 3 heterocycles. The Kier molecular flexibility index (Phi) is 6.20. The number of rotatable bonds is 5. The van der Waals surface area contributed by atoms with E-state index in [4.69, 9.17) is 4.74 Å². The second kappa shape index (κ2) is 9.09. The van der Waals surface area contributed by atoms with Crippen LogP contribution in [0.5, 0.6) is 5.75 Å². The summed E-state index contributed by atoms with van der Waals surface area (Å²) in [7, 11) is 1.50. The molecule has 0 saturated carbocycles. The lowest BCUT2D eigenvalue weighted by molar-refractivity contribution is -0.140. The summed E-state index contributed by atoms with van der Waals surface area (Å²) < 4.78 is 5.49. The van der Waals surface area contributed by atoms with Gasteiger partial charge >= 0.3 is 0 Å². The number of pyridine rings is 2. The van der Waals surface area contributed by atoms with E-state index in [1.54, 1.807) is 49.1 Å². The molecule has 1 N–H and O–H groups in total. The van der Waals surface area contributed by atoms with Gasteiger partial charge in [-0.25, -0.2) is 0 Å². The molecule has 1 fully saturated rings. The highest BCUT2D eigenvalue weighted by Crippen LogP contribution is 2.42. The van der Waals surface area contributed by atoms with Crippen LogP contribution in [0, 0.1) is 0 Å². The summed E-state index contributed by atoms with van der Waals surface area (Å²) in [5.41, 5.74) is 2.52. The van der Waals surface area contributed by atoms with Gasteiger partial charge in [-0.1, -0.05) is 39.0 Å². The average molecular weight is 458 g/mol. The van der Waals surface area contributed by atoms with Crippen LogP contribution in [0.15, 0.2) is 72.8 Å². The van der Waals surface area contributed by atoms with Gasteiger partial charge in [-0.15, -0.1) is 0 Å². The minimum Gasteiger partial charge on any atom is -0.507 e. The highest BCUT2D eigenvalue weighted by atomic mass is 16.5. The van der Waals surface area contributed by atoms with Crippen LogP contribution in [0.2, 0.25) is 0 Å². The molecule has 1 unspecified atom stereocenters. The minimum absolute atomic E-state index is 0.00579. The fourth-order valence-corrected chi connectivity index (χ4v) is 4.12. The lowest BCUT2D eigenvalue weighted by atomic mass is 9.85. The Hall–Kier alpha value is -4.00. The molecule has 0 spiro atoms. The number of aliphatic hydroxyl groups is 1. The summed E-state index contributed by atoms with van der Waals surface area (Å²) in [6, 6.07) is 11.8. The summed E-state index contributed by atoms with van der Waals surface area (Å²) in [5.74, 6) is -1.30. The SMILES string of the molecule is COc1ccc(C(C)(C)C)cc1/C(O)=C1\C(=O)C(=O)N(Cc2cccnc2)C1c1cccnc1. The Bertz CT molecular complexity index is 1250. The van der Waals surface area contributed by atoms with E-state index >= 15 is 0 Å². The van der Waals surface area contributed by atoms with Crippen molar-refractivity contribution in [1.29, 1.82) is 0 Å². The normalized spacial score (nSPS) is 17.8. The zero-order valence-electron chi connectivity index (χ0n) is 19.6. The highest BCUT2D eigenvalue weighted by molar-refractivity contribution is 6.46. The van der Waals surface area contributed by atoms with Crippen molar-refractivity contribution >= 4 is 17.4 Å². The summed E-state index contributed by atoms with van der Waals surface area (Å²) in [5, 5.41) is 11.5. The Labute approximate surface area is 198 Å². The van der Waals surface area contributed by atoms with E-state index in [1.807, 2.05) is 18.2 Å². The van der Waals surface area contributed by atoms with E-state index in [0.717, 1.165) is 11.1 Å². The number of methoxy groups -OCH3 is 1. The quantitative estimate of drug-likeness (QED) is 0.347. The maximum Gasteiger partial charge on any atom is 0.295 e. The second-order valence-corrected chi connectivity index (χ2v) is 9.24. The fraction of sp³-hybridized carbons (Fsp3) is 0.259.